The number of fused-ring (bicyclic) bond motifs is 2. The van der Waals surface area contributed by atoms with Gasteiger partial charge in [0.1, 0.15) is 12.8 Å². The predicted octanol–water partition coefficient (Wildman–Crippen LogP) is -0.876. The van der Waals surface area contributed by atoms with Crippen molar-refractivity contribution in [2.45, 2.75) is 36.1 Å². The zero-order valence-electron chi connectivity index (χ0n) is 17.0. The molecule has 2 aliphatic rings. The van der Waals surface area contributed by atoms with Gasteiger partial charge in [-0.2, -0.15) is 13.6 Å². The topological polar surface area (TPSA) is 279 Å². The third-order valence-electron chi connectivity index (χ3n) is 5.45. The standard InChI is InChI=1S/C12H16F2N5O13P3/c1-10(14)8(19-3-16-4-5(19)17-9(15)18-6(4)20)29-11(2-13)7(12(10,11)21)30-34(25,26)32-35(27,28)31-33(22,23)24/h3,7-8,21H,2H2,1H3,(H,25,26)(H,27,28)(H2,22,23,24)(H3,15,17,18,20)/t7?,8-,10+,11-,12+/m1/s1. The molecule has 0 bridgehead atoms. The van der Waals surface area contributed by atoms with E-state index in [4.69, 9.17) is 20.3 Å². The van der Waals surface area contributed by atoms with Crippen molar-refractivity contribution < 1.29 is 65.0 Å². The van der Waals surface area contributed by atoms with Crippen LogP contribution in [0, 0.1) is 0 Å². The van der Waals surface area contributed by atoms with Crippen molar-refractivity contribution in [2.75, 3.05) is 12.4 Å². The number of hydrogen-bond acceptors (Lipinski definition) is 12. The minimum atomic E-state index is -5.94. The average molecular weight is 569 g/mol. The zero-order chi connectivity index (χ0) is 26.4. The summed E-state index contributed by atoms with van der Waals surface area (Å²) in [5, 5.41) is 10.9. The van der Waals surface area contributed by atoms with E-state index in [1.807, 2.05) is 0 Å². The Hall–Kier alpha value is -1.66. The van der Waals surface area contributed by atoms with Gasteiger partial charge in [-0.1, -0.05) is 0 Å². The van der Waals surface area contributed by atoms with Gasteiger partial charge in [0, 0.05) is 0 Å². The van der Waals surface area contributed by atoms with Crippen molar-refractivity contribution in [3.8, 4) is 0 Å². The number of hydrogen-bond donors (Lipinski definition) is 7. The lowest BCUT2D eigenvalue weighted by Crippen LogP contribution is -2.45. The Morgan fingerprint density at radius 3 is 2.43 bits per heavy atom. The molecule has 0 aromatic carbocycles. The maximum atomic E-state index is 15.9. The van der Waals surface area contributed by atoms with E-state index in [0.717, 1.165) is 10.9 Å². The highest BCUT2D eigenvalue weighted by Gasteiger charge is 2.94. The molecule has 0 radical (unpaired) electrons. The number of aromatic amines is 1. The van der Waals surface area contributed by atoms with Gasteiger partial charge < -0.3 is 35.2 Å². The van der Waals surface area contributed by atoms with Crippen LogP contribution in [0.25, 0.3) is 11.2 Å². The first-order chi connectivity index (χ1) is 15.8. The molecule has 196 valence electrons. The number of aromatic nitrogens is 4. The number of anilines is 1. The van der Waals surface area contributed by atoms with Crippen molar-refractivity contribution in [1.29, 1.82) is 0 Å². The SMILES string of the molecule is C[C@]1(F)[C@H](n2cnc3c(=O)[nH]c(N)nc32)O[C@]2(CF)C(OP(=O)(O)OP(=O)(O)OP(=O)(O)O)[C@]12O. The van der Waals surface area contributed by atoms with Crippen molar-refractivity contribution in [2.24, 2.45) is 0 Å². The van der Waals surface area contributed by atoms with E-state index in [-0.39, 0.29) is 11.2 Å². The molecule has 1 saturated carbocycles. The lowest BCUT2D eigenvalue weighted by Gasteiger charge is -2.31. The maximum absolute atomic E-state index is 15.9. The van der Waals surface area contributed by atoms with E-state index >= 15 is 4.39 Å². The number of nitrogens with one attached hydrogen (secondary N) is 1. The summed E-state index contributed by atoms with van der Waals surface area (Å²) >= 11 is 0. The largest absolute Gasteiger partial charge is 0.490 e. The quantitative estimate of drug-likeness (QED) is 0.190. The number of ether oxygens (including phenoxy) is 1. The molecule has 2 fully saturated rings. The van der Waals surface area contributed by atoms with Crippen molar-refractivity contribution in [1.82, 2.24) is 19.5 Å². The van der Waals surface area contributed by atoms with Gasteiger partial charge in [0.2, 0.25) is 5.95 Å². The van der Waals surface area contributed by atoms with Crippen LogP contribution in [-0.2, 0) is 31.6 Å². The van der Waals surface area contributed by atoms with Crippen LogP contribution in [0.2, 0.25) is 0 Å². The lowest BCUT2D eigenvalue weighted by molar-refractivity contribution is -0.128. The van der Waals surface area contributed by atoms with Crippen LogP contribution in [-0.4, -0.2) is 73.8 Å². The molecule has 3 unspecified atom stereocenters. The van der Waals surface area contributed by atoms with Crippen LogP contribution < -0.4 is 11.3 Å². The number of nitrogen functional groups attached to an aromatic ring is 1. The molecule has 3 heterocycles. The minimum absolute atomic E-state index is 0.315. The Balaban J connectivity index is 1.65. The van der Waals surface area contributed by atoms with Gasteiger partial charge in [-0.05, 0) is 6.92 Å². The summed E-state index contributed by atoms with van der Waals surface area (Å²) in [6.45, 7) is -1.04. The van der Waals surface area contributed by atoms with Gasteiger partial charge in [0.15, 0.2) is 34.3 Å². The predicted molar refractivity (Wildman–Crippen MR) is 105 cm³/mol. The summed E-state index contributed by atoms with van der Waals surface area (Å²) in [6.07, 6.45) is -3.40. The number of imidazole rings is 1. The van der Waals surface area contributed by atoms with Gasteiger partial charge in [0.25, 0.3) is 5.56 Å². The molecule has 1 aliphatic heterocycles. The summed E-state index contributed by atoms with van der Waals surface area (Å²) in [5.74, 6) is -0.391. The molecular weight excluding hydrogens is 553 g/mol. The Bertz CT molecular complexity index is 1410. The van der Waals surface area contributed by atoms with Crippen molar-refractivity contribution >= 4 is 40.6 Å². The van der Waals surface area contributed by atoms with E-state index in [1.165, 1.54) is 0 Å². The van der Waals surface area contributed by atoms with Gasteiger partial charge in [-0.3, -0.25) is 18.9 Å². The van der Waals surface area contributed by atoms with Gasteiger partial charge in [-0.25, -0.2) is 27.5 Å². The minimum Gasteiger partial charge on any atom is -0.380 e. The molecule has 0 spiro atoms. The Kier molecular flexibility index (Phi) is 5.79. The fraction of sp³-hybridized carbons (Fsp3) is 0.583. The van der Waals surface area contributed by atoms with Crippen LogP contribution >= 0.6 is 23.5 Å². The number of rotatable bonds is 8. The summed E-state index contributed by atoms with van der Waals surface area (Å²) < 4.78 is 82.0. The highest BCUT2D eigenvalue weighted by molar-refractivity contribution is 7.66. The highest BCUT2D eigenvalue weighted by atomic mass is 31.3. The van der Waals surface area contributed by atoms with Crippen molar-refractivity contribution in [3.63, 3.8) is 0 Å². The number of H-pyrrole nitrogens is 1. The zero-order valence-corrected chi connectivity index (χ0v) is 19.6. The molecule has 35 heavy (non-hydrogen) atoms. The second-order valence-corrected chi connectivity index (χ2v) is 12.1. The number of nitrogens with zero attached hydrogens (tertiary/aromatic N) is 3. The van der Waals surface area contributed by atoms with Crippen LogP contribution in [0.15, 0.2) is 11.1 Å². The second kappa shape index (κ2) is 7.67. The number of phosphoric ester groups is 1. The molecule has 18 nitrogen and oxygen atoms in total. The van der Waals surface area contributed by atoms with Gasteiger partial charge in [-0.15, -0.1) is 0 Å². The molecule has 7 atom stereocenters. The molecular formula is C12H16F2N5O13P3. The number of halogens is 2. The Morgan fingerprint density at radius 1 is 1.26 bits per heavy atom. The number of nitrogens with two attached hydrogens (primary N) is 1. The molecule has 1 saturated heterocycles. The number of phosphoric acid groups is 3. The van der Waals surface area contributed by atoms with E-state index in [2.05, 4.69) is 28.1 Å². The van der Waals surface area contributed by atoms with E-state index in [0.29, 0.717) is 6.92 Å². The fourth-order valence-electron chi connectivity index (χ4n) is 4.01. The van der Waals surface area contributed by atoms with E-state index < -0.39 is 70.9 Å². The van der Waals surface area contributed by atoms with Crippen LogP contribution in [0.5, 0.6) is 0 Å². The van der Waals surface area contributed by atoms with Gasteiger partial charge in [0.05, 0.1) is 6.33 Å². The molecule has 2 aromatic heterocycles. The normalized spacial score (nSPS) is 36.0. The van der Waals surface area contributed by atoms with Crippen LogP contribution in [0.3, 0.4) is 0 Å². The van der Waals surface area contributed by atoms with E-state index in [9.17, 15) is 37.8 Å². The highest BCUT2D eigenvalue weighted by Crippen LogP contribution is 2.74. The first-order valence-electron chi connectivity index (χ1n) is 9.00. The van der Waals surface area contributed by atoms with Crippen LogP contribution in [0.4, 0.5) is 14.7 Å². The number of aliphatic hydroxyl groups is 1. The molecule has 23 heteroatoms. The van der Waals surface area contributed by atoms with Gasteiger partial charge >= 0.3 is 23.5 Å². The Morgan fingerprint density at radius 2 is 1.89 bits per heavy atom. The summed E-state index contributed by atoms with van der Waals surface area (Å²) in [6, 6.07) is 0. The molecule has 4 rings (SSSR count). The first kappa shape index (κ1) is 26.4. The van der Waals surface area contributed by atoms with E-state index in [1.54, 1.807) is 0 Å². The molecule has 1 aliphatic carbocycles. The monoisotopic (exact) mass is 569 g/mol. The van der Waals surface area contributed by atoms with Crippen LogP contribution in [0.1, 0.15) is 13.2 Å². The fourth-order valence-corrected chi connectivity index (χ4v) is 7.26. The Labute approximate surface area is 191 Å². The van der Waals surface area contributed by atoms with Crippen molar-refractivity contribution in [3.05, 3.63) is 16.7 Å². The first-order valence-corrected chi connectivity index (χ1v) is 13.5. The summed E-state index contributed by atoms with van der Waals surface area (Å²) in [4.78, 5) is 57.7. The molecule has 0 amide bonds. The third-order valence-corrected chi connectivity index (χ3v) is 9.26. The smallest absolute Gasteiger partial charge is 0.380 e. The third kappa shape index (κ3) is 3.99. The summed E-state index contributed by atoms with van der Waals surface area (Å²) in [7, 11) is -17.5. The maximum Gasteiger partial charge on any atom is 0.490 e. The molecule has 2 aromatic rings. The lowest BCUT2D eigenvalue weighted by atomic mass is 9.96. The second-order valence-electron chi connectivity index (χ2n) is 7.69. The number of alkyl halides is 2. The summed E-state index contributed by atoms with van der Waals surface area (Å²) in [5.41, 5.74) is -4.76. The average Bonchev–Trinajstić information content (AvgIpc) is 2.92. The molecule has 8 N–H and O–H groups in total.